The molecular weight excluding hydrogens is 401 g/mol. The molecule has 0 unspecified atom stereocenters. The zero-order chi connectivity index (χ0) is 21.4. The molecule has 0 bridgehead atoms. The van der Waals surface area contributed by atoms with Crippen molar-refractivity contribution < 1.29 is 23.8 Å². The summed E-state index contributed by atoms with van der Waals surface area (Å²) >= 11 is 0. The molecule has 2 fully saturated rings. The minimum Gasteiger partial charge on any atom is -0.492 e. The summed E-state index contributed by atoms with van der Waals surface area (Å²) in [6.45, 7) is 1.93. The molecule has 0 amide bonds. The number of pyridine rings is 1. The number of hydrogen-bond acceptors (Lipinski definition) is 5. The van der Waals surface area contributed by atoms with Gasteiger partial charge in [-0.3, -0.25) is 0 Å². The number of carboxylic acid groups (broad SMARTS) is 1. The lowest BCUT2D eigenvalue weighted by atomic mass is 9.82. The molecular formula is C23H24FN3O4. The third-order valence-electron chi connectivity index (χ3n) is 6.23. The van der Waals surface area contributed by atoms with Crippen molar-refractivity contribution in [3.8, 4) is 11.4 Å². The molecule has 3 heterocycles. The van der Waals surface area contributed by atoms with Crippen LogP contribution < -0.4 is 4.74 Å². The van der Waals surface area contributed by atoms with Gasteiger partial charge in [-0.05, 0) is 55.9 Å². The smallest absolute Gasteiger partial charge is 0.354 e. The van der Waals surface area contributed by atoms with Gasteiger partial charge in [0.25, 0.3) is 0 Å². The van der Waals surface area contributed by atoms with E-state index in [-0.39, 0.29) is 17.4 Å². The molecule has 1 aromatic carbocycles. The maximum Gasteiger partial charge on any atom is 0.354 e. The first-order chi connectivity index (χ1) is 15.1. The van der Waals surface area contributed by atoms with E-state index in [0.717, 1.165) is 56.4 Å². The monoisotopic (exact) mass is 425 g/mol. The van der Waals surface area contributed by atoms with Crippen molar-refractivity contribution in [1.29, 1.82) is 0 Å². The standard InChI is InChI=1S/C23H24FN3O4/c24-16-4-6-17(7-5-16)27-22-20(21(26-27)15-2-1-3-15)19(12-18(25-22)23(28)29)31-13-14-8-10-30-11-9-14/h4-7,12,14-15H,1-3,8-11,13H2,(H,28,29). The maximum atomic E-state index is 13.5. The molecule has 1 saturated carbocycles. The quantitative estimate of drug-likeness (QED) is 0.633. The fraction of sp³-hybridized carbons (Fsp3) is 0.435. The van der Waals surface area contributed by atoms with Crippen molar-refractivity contribution in [3.63, 3.8) is 0 Å². The molecule has 0 atom stereocenters. The lowest BCUT2D eigenvalue weighted by Crippen LogP contribution is -2.21. The van der Waals surface area contributed by atoms with Crippen LogP contribution in [0, 0.1) is 11.7 Å². The van der Waals surface area contributed by atoms with E-state index in [1.807, 2.05) is 0 Å². The van der Waals surface area contributed by atoms with E-state index < -0.39 is 5.97 Å². The topological polar surface area (TPSA) is 86.5 Å². The predicted octanol–water partition coefficient (Wildman–Crippen LogP) is 4.33. The Hall–Kier alpha value is -3.00. The van der Waals surface area contributed by atoms with Gasteiger partial charge in [0.1, 0.15) is 11.6 Å². The molecule has 8 heteroatoms. The van der Waals surface area contributed by atoms with Crippen LogP contribution in [0.15, 0.2) is 30.3 Å². The van der Waals surface area contributed by atoms with Crippen LogP contribution in [0.3, 0.4) is 0 Å². The fourth-order valence-electron chi connectivity index (χ4n) is 4.18. The average Bonchev–Trinajstić information content (AvgIpc) is 3.11. The predicted molar refractivity (Wildman–Crippen MR) is 111 cm³/mol. The Kier molecular flexibility index (Phi) is 5.31. The summed E-state index contributed by atoms with van der Waals surface area (Å²) in [5.41, 5.74) is 1.83. The second-order valence-corrected chi connectivity index (χ2v) is 8.28. The number of aromatic carboxylic acids is 1. The SMILES string of the molecule is O=C(O)c1cc(OCC2CCOCC2)c2c(C3CCC3)nn(-c3ccc(F)cc3)c2n1. The number of benzene rings is 1. The second-order valence-electron chi connectivity index (χ2n) is 8.28. The number of fused-ring (bicyclic) bond motifs is 1. The van der Waals surface area contributed by atoms with Gasteiger partial charge < -0.3 is 14.6 Å². The summed E-state index contributed by atoms with van der Waals surface area (Å²) in [5.74, 6) is -0.324. The molecule has 162 valence electrons. The Bertz CT molecular complexity index is 1100. The highest BCUT2D eigenvalue weighted by Crippen LogP contribution is 2.42. The number of ether oxygens (including phenoxy) is 2. The van der Waals surface area contributed by atoms with E-state index in [2.05, 4.69) is 4.98 Å². The molecule has 0 spiro atoms. The third-order valence-corrected chi connectivity index (χ3v) is 6.23. The van der Waals surface area contributed by atoms with Crippen molar-refractivity contribution in [2.45, 2.75) is 38.0 Å². The van der Waals surface area contributed by atoms with Crippen molar-refractivity contribution in [2.75, 3.05) is 19.8 Å². The van der Waals surface area contributed by atoms with Gasteiger partial charge in [0.05, 0.1) is 23.4 Å². The van der Waals surface area contributed by atoms with Crippen LogP contribution in [0.4, 0.5) is 4.39 Å². The first kappa shape index (κ1) is 19.9. The number of hydrogen-bond donors (Lipinski definition) is 1. The van der Waals surface area contributed by atoms with Gasteiger partial charge in [-0.15, -0.1) is 0 Å². The molecule has 0 radical (unpaired) electrons. The lowest BCUT2D eigenvalue weighted by Gasteiger charge is -2.25. The molecule has 1 saturated heterocycles. The minimum atomic E-state index is -1.13. The Morgan fingerprint density at radius 3 is 2.58 bits per heavy atom. The second kappa shape index (κ2) is 8.26. The van der Waals surface area contributed by atoms with E-state index in [1.54, 1.807) is 16.8 Å². The highest BCUT2D eigenvalue weighted by molar-refractivity contribution is 5.94. The highest BCUT2D eigenvalue weighted by atomic mass is 19.1. The van der Waals surface area contributed by atoms with Crippen LogP contribution in [-0.4, -0.2) is 45.7 Å². The van der Waals surface area contributed by atoms with Crippen molar-refractivity contribution in [3.05, 3.63) is 47.5 Å². The maximum absolute atomic E-state index is 13.5. The Labute approximate surface area is 178 Å². The molecule has 5 rings (SSSR count). The van der Waals surface area contributed by atoms with Crippen LogP contribution in [0.2, 0.25) is 0 Å². The molecule has 3 aromatic rings. The van der Waals surface area contributed by atoms with Gasteiger partial charge in [0.15, 0.2) is 11.3 Å². The number of aromatic nitrogens is 3. The zero-order valence-electron chi connectivity index (χ0n) is 17.1. The summed E-state index contributed by atoms with van der Waals surface area (Å²) in [5, 5.41) is 15.2. The summed E-state index contributed by atoms with van der Waals surface area (Å²) < 4.78 is 26.7. The average molecular weight is 425 g/mol. The van der Waals surface area contributed by atoms with E-state index in [0.29, 0.717) is 29.6 Å². The summed E-state index contributed by atoms with van der Waals surface area (Å²) in [6.07, 6.45) is 5.02. The minimum absolute atomic E-state index is 0.0992. The van der Waals surface area contributed by atoms with E-state index in [4.69, 9.17) is 14.6 Å². The largest absolute Gasteiger partial charge is 0.492 e. The number of carbonyl (C=O) groups is 1. The first-order valence-corrected chi connectivity index (χ1v) is 10.7. The summed E-state index contributed by atoms with van der Waals surface area (Å²) in [6, 6.07) is 7.45. The van der Waals surface area contributed by atoms with E-state index >= 15 is 0 Å². The Morgan fingerprint density at radius 2 is 1.94 bits per heavy atom. The molecule has 7 nitrogen and oxygen atoms in total. The van der Waals surface area contributed by atoms with E-state index in [1.165, 1.54) is 18.2 Å². The Balaban J connectivity index is 1.63. The van der Waals surface area contributed by atoms with Gasteiger partial charge in [-0.1, -0.05) is 6.42 Å². The van der Waals surface area contributed by atoms with Gasteiger partial charge in [0.2, 0.25) is 0 Å². The highest BCUT2D eigenvalue weighted by Gasteiger charge is 2.30. The molecule has 2 aliphatic rings. The molecule has 1 aliphatic heterocycles. The van der Waals surface area contributed by atoms with Crippen LogP contribution in [0.5, 0.6) is 5.75 Å². The normalized spacial score (nSPS) is 17.6. The van der Waals surface area contributed by atoms with Crippen LogP contribution in [-0.2, 0) is 4.74 Å². The molecule has 2 aromatic heterocycles. The zero-order valence-corrected chi connectivity index (χ0v) is 17.1. The van der Waals surface area contributed by atoms with Gasteiger partial charge >= 0.3 is 5.97 Å². The number of carboxylic acids is 1. The van der Waals surface area contributed by atoms with Crippen molar-refractivity contribution >= 4 is 17.0 Å². The van der Waals surface area contributed by atoms with E-state index in [9.17, 15) is 14.3 Å². The Morgan fingerprint density at radius 1 is 1.19 bits per heavy atom. The van der Waals surface area contributed by atoms with Crippen LogP contribution in [0.25, 0.3) is 16.7 Å². The molecule has 1 N–H and O–H groups in total. The van der Waals surface area contributed by atoms with Gasteiger partial charge in [-0.2, -0.15) is 5.10 Å². The van der Waals surface area contributed by atoms with Crippen molar-refractivity contribution in [1.82, 2.24) is 14.8 Å². The summed E-state index contributed by atoms with van der Waals surface area (Å²) in [7, 11) is 0. The number of rotatable bonds is 6. The summed E-state index contributed by atoms with van der Waals surface area (Å²) in [4.78, 5) is 16.2. The lowest BCUT2D eigenvalue weighted by molar-refractivity contribution is 0.0499. The fourth-order valence-corrected chi connectivity index (χ4v) is 4.18. The third kappa shape index (κ3) is 3.87. The van der Waals surface area contributed by atoms with Gasteiger partial charge in [0, 0.05) is 25.2 Å². The van der Waals surface area contributed by atoms with Crippen LogP contribution in [0.1, 0.15) is 54.2 Å². The van der Waals surface area contributed by atoms with Crippen molar-refractivity contribution in [2.24, 2.45) is 5.92 Å². The molecule has 1 aliphatic carbocycles. The first-order valence-electron chi connectivity index (χ1n) is 10.7. The molecule has 31 heavy (non-hydrogen) atoms. The van der Waals surface area contributed by atoms with Gasteiger partial charge in [-0.25, -0.2) is 18.9 Å². The van der Waals surface area contributed by atoms with Crippen LogP contribution >= 0.6 is 0 Å². The number of nitrogens with zero attached hydrogens (tertiary/aromatic N) is 3. The number of halogens is 1.